The van der Waals surface area contributed by atoms with Crippen molar-refractivity contribution in [1.29, 1.82) is 0 Å². The molecule has 0 fully saturated rings. The number of hydrogen-bond acceptors (Lipinski definition) is 7. The number of rotatable bonds is 13. The second kappa shape index (κ2) is 15.2. The molecule has 0 saturated heterocycles. The molecule has 0 aliphatic heterocycles. The maximum Gasteiger partial charge on any atom is 0.338 e. The molecule has 0 aliphatic carbocycles. The number of hydrogen-bond donors (Lipinski definition) is 0. The van der Waals surface area contributed by atoms with Crippen LogP contribution in [0.4, 0.5) is 0 Å². The Hall–Kier alpha value is -4.95. The van der Waals surface area contributed by atoms with Gasteiger partial charge >= 0.3 is 5.97 Å². The van der Waals surface area contributed by atoms with Gasteiger partial charge in [0.15, 0.2) is 23.0 Å². The molecule has 7 nitrogen and oxygen atoms in total. The van der Waals surface area contributed by atoms with Crippen LogP contribution in [-0.4, -0.2) is 26.8 Å². The van der Waals surface area contributed by atoms with E-state index in [4.69, 9.17) is 28.4 Å². The van der Waals surface area contributed by atoms with Crippen molar-refractivity contribution in [2.75, 3.05) is 20.8 Å². The molecule has 0 aromatic heterocycles. The Morgan fingerprint density at radius 3 is 1.84 bits per heavy atom. The number of benzene rings is 5. The van der Waals surface area contributed by atoms with Crippen molar-refractivity contribution in [3.8, 4) is 45.6 Å². The van der Waals surface area contributed by atoms with Crippen LogP contribution in [0.3, 0.4) is 0 Å². The van der Waals surface area contributed by atoms with Gasteiger partial charge in [-0.1, -0.05) is 66.7 Å². The number of esters is 1. The van der Waals surface area contributed by atoms with Crippen LogP contribution < -0.4 is 23.7 Å². The molecule has 0 aliphatic rings. The maximum atomic E-state index is 12.7. The van der Waals surface area contributed by atoms with Gasteiger partial charge in [-0.3, -0.25) is 0 Å². The van der Waals surface area contributed by atoms with Crippen LogP contribution in [0.5, 0.6) is 34.5 Å². The van der Waals surface area contributed by atoms with Gasteiger partial charge < -0.3 is 28.4 Å². The zero-order valence-electron chi connectivity index (χ0n) is 25.2. The van der Waals surface area contributed by atoms with Gasteiger partial charge in [0.1, 0.15) is 24.7 Å². The predicted octanol–water partition coefficient (Wildman–Crippen LogP) is 9.26. The highest BCUT2D eigenvalue weighted by atomic mass is 79.9. The van der Waals surface area contributed by atoms with Crippen molar-refractivity contribution in [2.24, 2.45) is 0 Å². The predicted molar refractivity (Wildman–Crippen MR) is 177 cm³/mol. The van der Waals surface area contributed by atoms with Gasteiger partial charge in [0.05, 0.1) is 30.9 Å². The summed E-state index contributed by atoms with van der Waals surface area (Å²) in [6.45, 7) is 2.78. The van der Waals surface area contributed by atoms with Crippen LogP contribution in [0.25, 0.3) is 11.1 Å². The fourth-order valence-corrected chi connectivity index (χ4v) is 5.00. The number of methoxy groups -OCH3 is 2. The van der Waals surface area contributed by atoms with Gasteiger partial charge in [0.2, 0.25) is 0 Å². The molecule has 0 spiro atoms. The van der Waals surface area contributed by atoms with Crippen LogP contribution in [0.15, 0.2) is 114 Å². The highest BCUT2D eigenvalue weighted by Crippen LogP contribution is 2.43. The standard InChI is InChI=1S/C37H33BrO7/c1-4-42-37(39)28-16-17-31(45-33-22-36(35(41-3)21-30(33)38)44-24-26-13-9-6-10-14-26)29(19-28)27-15-18-32(34(20-27)40-2)43-23-25-11-7-5-8-12-25/h5-22H,4,23-24H2,1-3H3. The van der Waals surface area contributed by atoms with Crippen LogP contribution >= 0.6 is 15.9 Å². The fraction of sp³-hybridized carbons (Fsp3) is 0.162. The summed E-state index contributed by atoms with van der Waals surface area (Å²) in [4.78, 5) is 12.7. The van der Waals surface area contributed by atoms with E-state index in [0.29, 0.717) is 63.3 Å². The Morgan fingerprint density at radius 2 is 1.22 bits per heavy atom. The normalized spacial score (nSPS) is 10.6. The molecule has 0 atom stereocenters. The summed E-state index contributed by atoms with van der Waals surface area (Å²) in [5.41, 5.74) is 3.86. The van der Waals surface area contributed by atoms with Crippen molar-refractivity contribution < 1.29 is 33.2 Å². The molecule has 0 heterocycles. The minimum atomic E-state index is -0.428. The van der Waals surface area contributed by atoms with Crippen LogP contribution in [0.1, 0.15) is 28.4 Å². The van der Waals surface area contributed by atoms with E-state index in [1.807, 2.05) is 78.9 Å². The van der Waals surface area contributed by atoms with Gasteiger partial charge in [-0.25, -0.2) is 4.79 Å². The second-order valence-corrected chi connectivity index (χ2v) is 10.7. The quantitative estimate of drug-likeness (QED) is 0.116. The van der Waals surface area contributed by atoms with E-state index in [9.17, 15) is 4.79 Å². The van der Waals surface area contributed by atoms with E-state index in [1.165, 1.54) is 0 Å². The molecule has 5 rings (SSSR count). The Bertz CT molecular complexity index is 1740. The molecule has 5 aromatic carbocycles. The summed E-state index contributed by atoms with van der Waals surface area (Å²) in [6.07, 6.45) is 0. The molecular weight excluding hydrogens is 636 g/mol. The average Bonchev–Trinajstić information content (AvgIpc) is 3.08. The number of ether oxygens (including phenoxy) is 6. The smallest absolute Gasteiger partial charge is 0.338 e. The molecular formula is C37H33BrO7. The first-order valence-corrected chi connectivity index (χ1v) is 15.2. The van der Waals surface area contributed by atoms with Crippen molar-refractivity contribution in [3.05, 3.63) is 130 Å². The Kier molecular flexibility index (Phi) is 10.6. The Balaban J connectivity index is 1.49. The monoisotopic (exact) mass is 668 g/mol. The summed E-state index contributed by atoms with van der Waals surface area (Å²) in [7, 11) is 3.18. The third-order valence-corrected chi connectivity index (χ3v) is 7.50. The van der Waals surface area contributed by atoms with E-state index >= 15 is 0 Å². The molecule has 0 N–H and O–H groups in total. The molecule has 230 valence electrons. The van der Waals surface area contributed by atoms with E-state index in [2.05, 4.69) is 15.9 Å². The molecule has 0 bridgehead atoms. The molecule has 0 saturated carbocycles. The van der Waals surface area contributed by atoms with Gasteiger partial charge in [0, 0.05) is 17.7 Å². The first-order valence-electron chi connectivity index (χ1n) is 14.4. The van der Waals surface area contributed by atoms with Gasteiger partial charge in [-0.15, -0.1) is 0 Å². The topological polar surface area (TPSA) is 72.5 Å². The zero-order chi connectivity index (χ0) is 31.6. The summed E-state index contributed by atoms with van der Waals surface area (Å²) in [5, 5.41) is 0. The Morgan fingerprint density at radius 1 is 0.622 bits per heavy atom. The lowest BCUT2D eigenvalue weighted by atomic mass is 10.0. The van der Waals surface area contributed by atoms with Crippen molar-refractivity contribution >= 4 is 21.9 Å². The molecule has 0 radical (unpaired) electrons. The lowest BCUT2D eigenvalue weighted by Gasteiger charge is -2.18. The lowest BCUT2D eigenvalue weighted by Crippen LogP contribution is -2.05. The molecule has 45 heavy (non-hydrogen) atoms. The summed E-state index contributed by atoms with van der Waals surface area (Å²) >= 11 is 3.61. The van der Waals surface area contributed by atoms with Crippen LogP contribution in [0, 0.1) is 0 Å². The highest BCUT2D eigenvalue weighted by molar-refractivity contribution is 9.10. The first kappa shape index (κ1) is 31.5. The third-order valence-electron chi connectivity index (χ3n) is 6.88. The molecule has 5 aromatic rings. The van der Waals surface area contributed by atoms with E-state index in [1.54, 1.807) is 51.5 Å². The summed E-state index contributed by atoms with van der Waals surface area (Å²) < 4.78 is 35.9. The molecule has 8 heteroatoms. The minimum absolute atomic E-state index is 0.262. The largest absolute Gasteiger partial charge is 0.493 e. The number of carbonyl (C=O) groups excluding carboxylic acids is 1. The van der Waals surface area contributed by atoms with Crippen molar-refractivity contribution in [2.45, 2.75) is 20.1 Å². The van der Waals surface area contributed by atoms with Gasteiger partial charge in [-0.2, -0.15) is 0 Å². The molecule has 0 unspecified atom stereocenters. The second-order valence-electron chi connectivity index (χ2n) is 9.88. The van der Waals surface area contributed by atoms with E-state index in [0.717, 1.165) is 16.7 Å². The summed E-state index contributed by atoms with van der Waals surface area (Å²) in [6, 6.07) is 34.1. The van der Waals surface area contributed by atoms with Crippen molar-refractivity contribution in [1.82, 2.24) is 0 Å². The highest BCUT2D eigenvalue weighted by Gasteiger charge is 2.19. The molecule has 0 amide bonds. The van der Waals surface area contributed by atoms with Gasteiger partial charge in [-0.05, 0) is 69.9 Å². The first-order chi connectivity index (χ1) is 22.0. The van der Waals surface area contributed by atoms with E-state index < -0.39 is 5.97 Å². The lowest BCUT2D eigenvalue weighted by molar-refractivity contribution is 0.0526. The van der Waals surface area contributed by atoms with Crippen LogP contribution in [-0.2, 0) is 18.0 Å². The number of carbonyl (C=O) groups is 1. The average molecular weight is 670 g/mol. The Labute approximate surface area is 271 Å². The van der Waals surface area contributed by atoms with Crippen LogP contribution in [0.2, 0.25) is 0 Å². The van der Waals surface area contributed by atoms with E-state index in [-0.39, 0.29) is 6.61 Å². The van der Waals surface area contributed by atoms with Gasteiger partial charge in [0.25, 0.3) is 0 Å². The third kappa shape index (κ3) is 7.96. The maximum absolute atomic E-state index is 12.7. The SMILES string of the molecule is CCOC(=O)c1ccc(Oc2cc(OCc3ccccc3)c(OC)cc2Br)c(-c2ccc(OCc3ccccc3)c(OC)c2)c1. The summed E-state index contributed by atoms with van der Waals surface area (Å²) in [5.74, 6) is 2.78. The fourth-order valence-electron chi connectivity index (χ4n) is 4.60. The number of halogens is 1. The zero-order valence-corrected chi connectivity index (χ0v) is 26.8. The van der Waals surface area contributed by atoms with Crippen molar-refractivity contribution in [3.63, 3.8) is 0 Å². The minimum Gasteiger partial charge on any atom is -0.493 e.